The van der Waals surface area contributed by atoms with Gasteiger partial charge >= 0.3 is 12.1 Å². The lowest BCUT2D eigenvalue weighted by molar-refractivity contribution is -0.385. The summed E-state index contributed by atoms with van der Waals surface area (Å²) in [6, 6.07) is 1.64. The van der Waals surface area contributed by atoms with Gasteiger partial charge < -0.3 is 10.0 Å². The first-order valence-electron chi connectivity index (χ1n) is 6.37. The van der Waals surface area contributed by atoms with Crippen LogP contribution in [-0.4, -0.2) is 40.4 Å². The second-order valence-corrected chi connectivity index (χ2v) is 4.71. The first kappa shape index (κ1) is 18.4. The summed E-state index contributed by atoms with van der Waals surface area (Å²) in [6.07, 6.45) is -4.85. The summed E-state index contributed by atoms with van der Waals surface area (Å²) < 4.78 is 37.8. The zero-order chi connectivity index (χ0) is 17.8. The van der Waals surface area contributed by atoms with Crippen LogP contribution in [0.2, 0.25) is 0 Å². The van der Waals surface area contributed by atoms with Crippen molar-refractivity contribution in [3.63, 3.8) is 0 Å². The molecule has 0 aliphatic carbocycles. The Kier molecular flexibility index (Phi) is 5.66. The molecule has 0 radical (unpaired) electrons. The van der Waals surface area contributed by atoms with Crippen LogP contribution in [-0.2, 0) is 11.0 Å². The van der Waals surface area contributed by atoms with Crippen molar-refractivity contribution < 1.29 is 32.8 Å². The minimum absolute atomic E-state index is 0.00328. The summed E-state index contributed by atoms with van der Waals surface area (Å²) in [6.45, 7) is 0.00328. The monoisotopic (exact) mass is 334 g/mol. The van der Waals surface area contributed by atoms with E-state index >= 15 is 0 Å². The van der Waals surface area contributed by atoms with E-state index in [1.807, 2.05) is 0 Å². The molecule has 0 bridgehead atoms. The van der Waals surface area contributed by atoms with Crippen molar-refractivity contribution >= 4 is 17.6 Å². The van der Waals surface area contributed by atoms with Gasteiger partial charge in [0, 0.05) is 26.1 Å². The highest BCUT2D eigenvalue weighted by atomic mass is 19.4. The number of hydrogen-bond donors (Lipinski definition) is 1. The van der Waals surface area contributed by atoms with E-state index in [2.05, 4.69) is 0 Å². The fourth-order valence-electron chi connectivity index (χ4n) is 1.81. The minimum atomic E-state index is -4.76. The van der Waals surface area contributed by atoms with Crippen LogP contribution >= 0.6 is 0 Å². The molecule has 10 heteroatoms. The van der Waals surface area contributed by atoms with Gasteiger partial charge in [0.1, 0.15) is 5.56 Å². The Morgan fingerprint density at radius 2 is 1.96 bits per heavy atom. The van der Waals surface area contributed by atoms with Gasteiger partial charge in [-0.1, -0.05) is 0 Å². The lowest BCUT2D eigenvalue weighted by atomic mass is 10.1. The van der Waals surface area contributed by atoms with E-state index in [4.69, 9.17) is 5.11 Å². The van der Waals surface area contributed by atoms with E-state index in [9.17, 15) is 32.9 Å². The van der Waals surface area contributed by atoms with Crippen LogP contribution in [0, 0.1) is 10.1 Å². The molecular weight excluding hydrogens is 321 g/mol. The number of nitrogens with zero attached hydrogens (tertiary/aromatic N) is 2. The number of carboxylic acid groups (broad SMARTS) is 1. The second-order valence-electron chi connectivity index (χ2n) is 4.71. The Morgan fingerprint density at radius 1 is 1.35 bits per heavy atom. The molecule has 0 fully saturated rings. The summed E-state index contributed by atoms with van der Waals surface area (Å²) in [5.74, 6) is -1.91. The van der Waals surface area contributed by atoms with Gasteiger partial charge in [-0.2, -0.15) is 13.2 Å². The molecule has 0 spiro atoms. The average Bonchev–Trinajstić information content (AvgIpc) is 2.44. The maximum atomic E-state index is 12.6. The van der Waals surface area contributed by atoms with Gasteiger partial charge in [0.15, 0.2) is 0 Å². The quantitative estimate of drug-likeness (QED) is 0.636. The van der Waals surface area contributed by atoms with Crippen LogP contribution in [0.5, 0.6) is 0 Å². The molecule has 0 heterocycles. The first-order valence-corrected chi connectivity index (χ1v) is 6.37. The summed E-state index contributed by atoms with van der Waals surface area (Å²) in [7, 11) is 1.28. The lowest BCUT2D eigenvalue weighted by Crippen LogP contribution is -2.28. The number of carboxylic acids is 1. The van der Waals surface area contributed by atoms with Crippen molar-refractivity contribution in [3.05, 3.63) is 39.4 Å². The average molecular weight is 334 g/mol. The van der Waals surface area contributed by atoms with Crippen LogP contribution in [0.15, 0.2) is 18.2 Å². The molecule has 126 valence electrons. The van der Waals surface area contributed by atoms with Gasteiger partial charge in [0.2, 0.25) is 0 Å². The van der Waals surface area contributed by atoms with Gasteiger partial charge in [-0.25, -0.2) is 0 Å². The number of carbonyl (C=O) groups excluding carboxylic acids is 1. The van der Waals surface area contributed by atoms with Crippen molar-refractivity contribution in [2.75, 3.05) is 13.6 Å². The highest BCUT2D eigenvalue weighted by Crippen LogP contribution is 2.33. The molecule has 0 unspecified atom stereocenters. The predicted octanol–water partition coefficient (Wildman–Crippen LogP) is 2.55. The summed E-state index contributed by atoms with van der Waals surface area (Å²) >= 11 is 0. The number of rotatable bonds is 6. The molecule has 0 aliphatic rings. The SMILES string of the molecule is CN(CCCC(=O)O)C(=O)c1ccc(C(F)(F)F)cc1[N+](=O)[O-]. The smallest absolute Gasteiger partial charge is 0.416 e. The van der Waals surface area contributed by atoms with Gasteiger partial charge in [-0.3, -0.25) is 19.7 Å². The third-order valence-corrected chi connectivity index (χ3v) is 2.98. The van der Waals surface area contributed by atoms with Crippen molar-refractivity contribution in [2.24, 2.45) is 0 Å². The summed E-state index contributed by atoms with van der Waals surface area (Å²) in [5, 5.41) is 19.4. The number of aliphatic carboxylic acids is 1. The van der Waals surface area contributed by atoms with E-state index in [-0.39, 0.29) is 19.4 Å². The van der Waals surface area contributed by atoms with E-state index in [0.29, 0.717) is 12.1 Å². The Balaban J connectivity index is 3.04. The number of alkyl halides is 3. The number of hydrogen-bond acceptors (Lipinski definition) is 4. The summed E-state index contributed by atoms with van der Waals surface area (Å²) in [4.78, 5) is 33.4. The molecule has 1 N–H and O–H groups in total. The van der Waals surface area contributed by atoms with E-state index < -0.39 is 39.8 Å². The molecule has 0 saturated carbocycles. The molecule has 0 aliphatic heterocycles. The molecule has 0 atom stereocenters. The van der Waals surface area contributed by atoms with E-state index in [0.717, 1.165) is 11.0 Å². The topological polar surface area (TPSA) is 101 Å². The van der Waals surface area contributed by atoms with E-state index in [1.54, 1.807) is 0 Å². The number of halogens is 3. The molecule has 7 nitrogen and oxygen atoms in total. The van der Waals surface area contributed by atoms with Crippen molar-refractivity contribution in [2.45, 2.75) is 19.0 Å². The molecule has 0 aromatic heterocycles. The van der Waals surface area contributed by atoms with Crippen molar-refractivity contribution in [1.82, 2.24) is 4.90 Å². The standard InChI is InChI=1S/C13H13F3N2O5/c1-17(6-2-3-11(19)20)12(21)9-5-4-8(13(14,15)16)7-10(9)18(22)23/h4-5,7H,2-3,6H2,1H3,(H,19,20). The maximum Gasteiger partial charge on any atom is 0.416 e. The van der Waals surface area contributed by atoms with Gasteiger partial charge in [0.25, 0.3) is 11.6 Å². The van der Waals surface area contributed by atoms with Crippen LogP contribution in [0.3, 0.4) is 0 Å². The van der Waals surface area contributed by atoms with Crippen LogP contribution in [0.1, 0.15) is 28.8 Å². The molecule has 1 aromatic carbocycles. The van der Waals surface area contributed by atoms with E-state index in [1.165, 1.54) is 7.05 Å². The molecule has 1 amide bonds. The highest BCUT2D eigenvalue weighted by Gasteiger charge is 2.34. The zero-order valence-corrected chi connectivity index (χ0v) is 12.0. The predicted molar refractivity (Wildman–Crippen MR) is 71.9 cm³/mol. The maximum absolute atomic E-state index is 12.6. The van der Waals surface area contributed by atoms with Crippen molar-refractivity contribution in [3.8, 4) is 0 Å². The minimum Gasteiger partial charge on any atom is -0.481 e. The van der Waals surface area contributed by atoms with Gasteiger partial charge in [0.05, 0.1) is 10.5 Å². The number of nitro benzene ring substituents is 1. The number of benzene rings is 1. The highest BCUT2D eigenvalue weighted by molar-refractivity contribution is 5.98. The molecule has 1 aromatic rings. The van der Waals surface area contributed by atoms with Crippen LogP contribution in [0.4, 0.5) is 18.9 Å². The Labute approximate surface area is 128 Å². The molecular formula is C13H13F3N2O5. The third-order valence-electron chi connectivity index (χ3n) is 2.98. The Morgan fingerprint density at radius 3 is 2.43 bits per heavy atom. The van der Waals surface area contributed by atoms with Crippen LogP contribution < -0.4 is 0 Å². The first-order chi connectivity index (χ1) is 10.5. The molecule has 23 heavy (non-hydrogen) atoms. The van der Waals surface area contributed by atoms with Crippen molar-refractivity contribution in [1.29, 1.82) is 0 Å². The summed E-state index contributed by atoms with van der Waals surface area (Å²) in [5.41, 5.74) is -2.66. The molecule has 1 rings (SSSR count). The Bertz CT molecular complexity index is 631. The number of nitro groups is 1. The fourth-order valence-corrected chi connectivity index (χ4v) is 1.81. The number of carbonyl (C=O) groups is 2. The zero-order valence-electron chi connectivity index (χ0n) is 12.0. The second kappa shape index (κ2) is 7.07. The largest absolute Gasteiger partial charge is 0.481 e. The Hall–Kier alpha value is -2.65. The van der Waals surface area contributed by atoms with Crippen LogP contribution in [0.25, 0.3) is 0 Å². The fraction of sp³-hybridized carbons (Fsp3) is 0.385. The normalized spacial score (nSPS) is 11.1. The van der Waals surface area contributed by atoms with Gasteiger partial charge in [-0.15, -0.1) is 0 Å². The third kappa shape index (κ3) is 4.94. The molecule has 0 saturated heterocycles. The number of amides is 1. The van der Waals surface area contributed by atoms with Gasteiger partial charge in [-0.05, 0) is 18.6 Å². The lowest BCUT2D eigenvalue weighted by Gasteiger charge is -2.17.